The molecule has 2 heteroatoms. The van der Waals surface area contributed by atoms with Gasteiger partial charge in [-0.05, 0) is 44.7 Å². The highest BCUT2D eigenvalue weighted by atomic mass is 16.3. The van der Waals surface area contributed by atoms with E-state index in [1.54, 1.807) is 6.26 Å². The van der Waals surface area contributed by atoms with E-state index >= 15 is 0 Å². The fraction of sp³-hybridized carbons (Fsp3) is 0.714. The maximum atomic E-state index is 5.42. The molecule has 0 aromatic carbocycles. The molecule has 16 heavy (non-hydrogen) atoms. The number of aryl methyl sites for hydroxylation is 1. The van der Waals surface area contributed by atoms with Crippen LogP contribution in [0.4, 0.5) is 0 Å². The average Bonchev–Trinajstić information content (AvgIpc) is 2.69. The topological polar surface area (TPSA) is 25.2 Å². The van der Waals surface area contributed by atoms with E-state index in [2.05, 4.69) is 32.3 Å². The van der Waals surface area contributed by atoms with Crippen molar-refractivity contribution in [1.29, 1.82) is 0 Å². The second-order valence-electron chi connectivity index (χ2n) is 5.22. The summed E-state index contributed by atoms with van der Waals surface area (Å²) in [5, 5.41) is 3.47. The van der Waals surface area contributed by atoms with Crippen LogP contribution >= 0.6 is 0 Å². The van der Waals surface area contributed by atoms with Gasteiger partial charge in [0.05, 0.1) is 6.26 Å². The van der Waals surface area contributed by atoms with Gasteiger partial charge in [0.25, 0.3) is 0 Å². The quantitative estimate of drug-likeness (QED) is 0.842. The SMILES string of the molecule is CNC(c1ccoc1C)C1CCC(C)CC1. The van der Waals surface area contributed by atoms with Gasteiger partial charge in [-0.25, -0.2) is 0 Å². The minimum Gasteiger partial charge on any atom is -0.469 e. The zero-order valence-electron chi connectivity index (χ0n) is 10.6. The van der Waals surface area contributed by atoms with Gasteiger partial charge in [0, 0.05) is 11.6 Å². The summed E-state index contributed by atoms with van der Waals surface area (Å²) < 4.78 is 5.42. The molecule has 0 aliphatic heterocycles. The number of hydrogen-bond donors (Lipinski definition) is 1. The molecular formula is C14H23NO. The lowest BCUT2D eigenvalue weighted by Gasteiger charge is -2.32. The van der Waals surface area contributed by atoms with Crippen molar-refractivity contribution in [2.45, 2.75) is 45.6 Å². The second-order valence-corrected chi connectivity index (χ2v) is 5.22. The summed E-state index contributed by atoms with van der Waals surface area (Å²) in [4.78, 5) is 0. The number of nitrogens with one attached hydrogen (secondary N) is 1. The molecule has 1 saturated carbocycles. The standard InChI is InChI=1S/C14H23NO/c1-10-4-6-12(7-5-10)14(15-3)13-8-9-16-11(13)2/h8-10,12,14-15H,4-7H2,1-3H3. The van der Waals surface area contributed by atoms with Crippen LogP contribution in [0, 0.1) is 18.8 Å². The van der Waals surface area contributed by atoms with Crippen LogP contribution in [0.3, 0.4) is 0 Å². The van der Waals surface area contributed by atoms with Gasteiger partial charge in [-0.1, -0.05) is 19.8 Å². The molecule has 1 N–H and O–H groups in total. The van der Waals surface area contributed by atoms with Gasteiger partial charge < -0.3 is 9.73 Å². The summed E-state index contributed by atoms with van der Waals surface area (Å²) in [6, 6.07) is 2.60. The summed E-state index contributed by atoms with van der Waals surface area (Å²) in [6.45, 7) is 4.43. The Labute approximate surface area is 98.4 Å². The second kappa shape index (κ2) is 5.05. The minimum absolute atomic E-state index is 0.478. The van der Waals surface area contributed by atoms with Crippen molar-refractivity contribution < 1.29 is 4.42 Å². The van der Waals surface area contributed by atoms with Gasteiger partial charge >= 0.3 is 0 Å². The van der Waals surface area contributed by atoms with Crippen molar-refractivity contribution in [3.63, 3.8) is 0 Å². The monoisotopic (exact) mass is 221 g/mol. The van der Waals surface area contributed by atoms with E-state index in [9.17, 15) is 0 Å². The molecule has 1 atom stereocenters. The van der Waals surface area contributed by atoms with Gasteiger partial charge in [-0.3, -0.25) is 0 Å². The zero-order chi connectivity index (χ0) is 11.5. The Hall–Kier alpha value is -0.760. The smallest absolute Gasteiger partial charge is 0.105 e. The number of rotatable bonds is 3. The molecule has 2 rings (SSSR count). The van der Waals surface area contributed by atoms with Crippen LogP contribution < -0.4 is 5.32 Å². The minimum atomic E-state index is 0.478. The van der Waals surface area contributed by atoms with Crippen LogP contribution in [-0.4, -0.2) is 7.05 Å². The molecule has 1 unspecified atom stereocenters. The van der Waals surface area contributed by atoms with Gasteiger partial charge in [0.1, 0.15) is 5.76 Å². The molecule has 2 nitrogen and oxygen atoms in total. The maximum absolute atomic E-state index is 5.42. The Morgan fingerprint density at radius 1 is 1.31 bits per heavy atom. The van der Waals surface area contributed by atoms with Gasteiger partial charge in [-0.15, -0.1) is 0 Å². The van der Waals surface area contributed by atoms with Crippen molar-refractivity contribution in [3.8, 4) is 0 Å². The fourth-order valence-corrected chi connectivity index (χ4v) is 2.98. The summed E-state index contributed by atoms with van der Waals surface area (Å²) in [7, 11) is 2.06. The lowest BCUT2D eigenvalue weighted by Crippen LogP contribution is -2.28. The summed E-state index contributed by atoms with van der Waals surface area (Å²) in [5.74, 6) is 2.76. The van der Waals surface area contributed by atoms with E-state index in [1.807, 2.05) is 0 Å². The Kier molecular flexibility index (Phi) is 3.70. The van der Waals surface area contributed by atoms with Gasteiger partial charge in [0.2, 0.25) is 0 Å². The normalized spacial score (nSPS) is 27.9. The Morgan fingerprint density at radius 2 is 2.00 bits per heavy atom. The number of furan rings is 1. The lowest BCUT2D eigenvalue weighted by molar-refractivity contribution is 0.236. The zero-order valence-corrected chi connectivity index (χ0v) is 10.6. The predicted molar refractivity (Wildman–Crippen MR) is 66.4 cm³/mol. The van der Waals surface area contributed by atoms with Gasteiger partial charge in [-0.2, -0.15) is 0 Å². The fourth-order valence-electron chi connectivity index (χ4n) is 2.98. The molecule has 1 fully saturated rings. The molecule has 0 saturated heterocycles. The highest BCUT2D eigenvalue weighted by Gasteiger charge is 2.27. The first-order valence-corrected chi connectivity index (χ1v) is 6.43. The summed E-state index contributed by atoms with van der Waals surface area (Å²) >= 11 is 0. The van der Waals surface area contributed by atoms with Crippen LogP contribution in [0.15, 0.2) is 16.7 Å². The summed E-state index contributed by atoms with van der Waals surface area (Å²) in [6.07, 6.45) is 7.24. The van der Waals surface area contributed by atoms with E-state index in [0.29, 0.717) is 6.04 Å². The molecule has 90 valence electrons. The van der Waals surface area contributed by atoms with Crippen LogP contribution in [-0.2, 0) is 0 Å². The maximum Gasteiger partial charge on any atom is 0.105 e. The van der Waals surface area contributed by atoms with Crippen LogP contribution in [0.25, 0.3) is 0 Å². The van der Waals surface area contributed by atoms with E-state index < -0.39 is 0 Å². The molecule has 0 radical (unpaired) electrons. The van der Waals surface area contributed by atoms with Crippen molar-refractivity contribution in [1.82, 2.24) is 5.32 Å². The molecule has 0 amide bonds. The first kappa shape index (κ1) is 11.7. The Bertz CT molecular complexity index is 323. The number of hydrogen-bond acceptors (Lipinski definition) is 2. The highest BCUT2D eigenvalue weighted by molar-refractivity contribution is 5.21. The van der Waals surface area contributed by atoms with Crippen molar-refractivity contribution >= 4 is 0 Å². The van der Waals surface area contributed by atoms with E-state index in [-0.39, 0.29) is 0 Å². The third kappa shape index (κ3) is 2.32. The molecule has 1 aromatic heterocycles. The average molecular weight is 221 g/mol. The summed E-state index contributed by atoms with van der Waals surface area (Å²) in [5.41, 5.74) is 1.35. The van der Waals surface area contributed by atoms with Crippen molar-refractivity contribution in [3.05, 3.63) is 23.7 Å². The van der Waals surface area contributed by atoms with Crippen LogP contribution in [0.5, 0.6) is 0 Å². The van der Waals surface area contributed by atoms with Crippen molar-refractivity contribution in [2.75, 3.05) is 7.05 Å². The van der Waals surface area contributed by atoms with Crippen LogP contribution in [0.2, 0.25) is 0 Å². The van der Waals surface area contributed by atoms with E-state index in [4.69, 9.17) is 4.42 Å². The molecule has 1 heterocycles. The predicted octanol–water partition coefficient (Wildman–Crippen LogP) is 3.67. The molecular weight excluding hydrogens is 198 g/mol. The van der Waals surface area contributed by atoms with Gasteiger partial charge in [0.15, 0.2) is 0 Å². The molecule has 1 aliphatic carbocycles. The largest absolute Gasteiger partial charge is 0.469 e. The molecule has 1 aliphatic rings. The first-order valence-electron chi connectivity index (χ1n) is 6.43. The highest BCUT2D eigenvalue weighted by Crippen LogP contribution is 2.37. The van der Waals surface area contributed by atoms with E-state index in [1.165, 1.54) is 31.2 Å². The Balaban J connectivity index is 2.08. The van der Waals surface area contributed by atoms with E-state index in [0.717, 1.165) is 17.6 Å². The Morgan fingerprint density at radius 3 is 2.50 bits per heavy atom. The molecule has 1 aromatic rings. The van der Waals surface area contributed by atoms with Crippen LogP contribution in [0.1, 0.15) is 50.0 Å². The third-order valence-electron chi connectivity index (χ3n) is 4.08. The van der Waals surface area contributed by atoms with Crippen molar-refractivity contribution in [2.24, 2.45) is 11.8 Å². The first-order chi connectivity index (χ1) is 7.72. The molecule has 0 spiro atoms. The molecule has 0 bridgehead atoms. The third-order valence-corrected chi connectivity index (χ3v) is 4.08. The lowest BCUT2D eigenvalue weighted by atomic mass is 9.77.